The molecule has 0 aromatic heterocycles. The number of carbonyl (C=O) groups is 2. The third-order valence-corrected chi connectivity index (χ3v) is 4.98. The second-order valence-corrected chi connectivity index (χ2v) is 8.12. The summed E-state index contributed by atoms with van der Waals surface area (Å²) in [4.78, 5) is 29.1. The van der Waals surface area contributed by atoms with Gasteiger partial charge in [0.2, 0.25) is 5.91 Å². The fourth-order valence-corrected chi connectivity index (χ4v) is 3.35. The Bertz CT molecular complexity index is 392. The zero-order valence-corrected chi connectivity index (χ0v) is 19.1. The topological polar surface area (TPSA) is 58.6 Å². The first-order valence-corrected chi connectivity index (χ1v) is 11.7. The molecule has 29 heavy (non-hydrogen) atoms. The minimum absolute atomic E-state index is 0. The fraction of sp³-hybridized carbons (Fsp3) is 0.913. The van der Waals surface area contributed by atoms with Gasteiger partial charge in [0, 0.05) is 20.5 Å². The van der Waals surface area contributed by atoms with Crippen LogP contribution in [0.1, 0.15) is 117 Å². The van der Waals surface area contributed by atoms with Gasteiger partial charge in [0.25, 0.3) is 0 Å². The second-order valence-electron chi connectivity index (χ2n) is 8.12. The Kier molecular flexibility index (Phi) is 24.2. The average molecular weight is 423 g/mol. The van der Waals surface area contributed by atoms with E-state index >= 15 is 0 Å². The van der Waals surface area contributed by atoms with Crippen molar-refractivity contribution in [2.75, 3.05) is 14.1 Å². The molecule has 0 rings (SSSR count). The number of nitrogens with zero attached hydrogens (tertiary/aromatic N) is 1. The summed E-state index contributed by atoms with van der Waals surface area (Å²) in [6.07, 6.45) is 18.7. The number of hydroxylamine groups is 2. The first kappa shape index (κ1) is 31.1. The second kappa shape index (κ2) is 22.6. The zero-order valence-electron chi connectivity index (χ0n) is 19.1. The Balaban J connectivity index is 0. The molecule has 0 bridgehead atoms. The van der Waals surface area contributed by atoms with Gasteiger partial charge in [-0.05, 0) is 12.8 Å². The van der Waals surface area contributed by atoms with Crippen molar-refractivity contribution in [1.82, 2.24) is 10.4 Å². The quantitative estimate of drug-likeness (QED) is 0.178. The molecule has 1 N–H and O–H groups in total. The summed E-state index contributed by atoms with van der Waals surface area (Å²) in [7, 11) is 3.33. The summed E-state index contributed by atoms with van der Waals surface area (Å²) in [6.45, 7) is 4.26. The molecule has 0 saturated heterocycles. The summed E-state index contributed by atoms with van der Waals surface area (Å²) in [5, 5.41) is 4.19. The predicted molar refractivity (Wildman–Crippen MR) is 124 cm³/mol. The molecule has 0 aliphatic rings. The molecule has 0 radical (unpaired) electrons. The number of nitrogens with one attached hydrogen (secondary N) is 1. The van der Waals surface area contributed by atoms with Crippen LogP contribution in [-0.2, 0) is 14.4 Å². The Morgan fingerprint density at radius 1 is 0.759 bits per heavy atom. The van der Waals surface area contributed by atoms with E-state index in [1.807, 2.05) is 6.92 Å². The summed E-state index contributed by atoms with van der Waals surface area (Å²) in [5.74, 6) is -0.428. The van der Waals surface area contributed by atoms with E-state index in [1.54, 1.807) is 14.1 Å². The predicted octanol–water partition coefficient (Wildman–Crippen LogP) is 5.12. The molecule has 0 aliphatic carbocycles. The van der Waals surface area contributed by atoms with Gasteiger partial charge in [0.15, 0.2) is 0 Å². The molecule has 0 heterocycles. The number of carbonyl (C=O) groups excluding carboxylic acids is 2. The molecule has 5 nitrogen and oxygen atoms in total. The maximum absolute atomic E-state index is 12.1. The van der Waals surface area contributed by atoms with E-state index in [2.05, 4.69) is 12.2 Å². The van der Waals surface area contributed by atoms with Gasteiger partial charge in [-0.25, -0.2) is 4.79 Å². The Morgan fingerprint density at radius 2 is 1.21 bits per heavy atom. The number of amides is 1. The van der Waals surface area contributed by atoms with Gasteiger partial charge in [-0.2, -0.15) is 0 Å². The van der Waals surface area contributed by atoms with Crippen molar-refractivity contribution in [3.63, 3.8) is 0 Å². The van der Waals surface area contributed by atoms with Crippen LogP contribution in [0.2, 0.25) is 0 Å². The monoisotopic (exact) mass is 422 g/mol. The van der Waals surface area contributed by atoms with Crippen LogP contribution in [0.15, 0.2) is 0 Å². The van der Waals surface area contributed by atoms with Crippen LogP contribution >= 0.6 is 0 Å². The summed E-state index contributed by atoms with van der Waals surface area (Å²) < 4.78 is 0. The summed E-state index contributed by atoms with van der Waals surface area (Å²) >= 11 is 0. The zero-order chi connectivity index (χ0) is 21.0. The van der Waals surface area contributed by atoms with E-state index in [1.165, 1.54) is 75.7 Å². The molecular formula is C23H47N2NaO3. The van der Waals surface area contributed by atoms with Gasteiger partial charge < -0.3 is 10.2 Å². The van der Waals surface area contributed by atoms with Crippen LogP contribution in [0.4, 0.5) is 0 Å². The first-order valence-electron chi connectivity index (χ1n) is 11.7. The molecule has 0 spiro atoms. The van der Waals surface area contributed by atoms with Crippen molar-refractivity contribution >= 4 is 41.4 Å². The van der Waals surface area contributed by atoms with Gasteiger partial charge >= 0.3 is 35.5 Å². The molecule has 1 unspecified atom stereocenters. The van der Waals surface area contributed by atoms with Crippen molar-refractivity contribution in [3.8, 4) is 0 Å². The van der Waals surface area contributed by atoms with E-state index in [0.29, 0.717) is 12.8 Å². The van der Waals surface area contributed by atoms with E-state index in [-0.39, 0.29) is 41.4 Å². The van der Waals surface area contributed by atoms with Crippen molar-refractivity contribution in [1.29, 1.82) is 0 Å². The molecule has 0 fully saturated rings. The standard InChI is InChI=1S/C23H46N2O3.Na.H/c1-5-7-8-9-10-11-12-13-14-15-16-17-18-20-22(26)24-21(19-6-2)23(27)28-25(3)4;;/h21H,5-20H2,1-4H3,(H,24,26);;. The van der Waals surface area contributed by atoms with Gasteiger partial charge in [0.1, 0.15) is 6.04 Å². The Hall–Kier alpha value is -0.100. The fourth-order valence-electron chi connectivity index (χ4n) is 3.35. The average Bonchev–Trinajstić information content (AvgIpc) is 2.64. The van der Waals surface area contributed by atoms with Gasteiger partial charge in [-0.3, -0.25) is 4.79 Å². The van der Waals surface area contributed by atoms with Crippen LogP contribution in [0.3, 0.4) is 0 Å². The Labute approximate surface area is 202 Å². The van der Waals surface area contributed by atoms with Crippen LogP contribution in [0.5, 0.6) is 0 Å². The van der Waals surface area contributed by atoms with E-state index < -0.39 is 6.04 Å². The molecule has 0 aromatic carbocycles. The number of rotatable bonds is 19. The number of unbranched alkanes of at least 4 members (excludes halogenated alkanes) is 12. The molecule has 0 aliphatic heterocycles. The number of hydrogen-bond donors (Lipinski definition) is 1. The molecule has 168 valence electrons. The maximum atomic E-state index is 12.1. The van der Waals surface area contributed by atoms with E-state index in [4.69, 9.17) is 4.84 Å². The van der Waals surface area contributed by atoms with Gasteiger partial charge in [-0.1, -0.05) is 97.3 Å². The number of hydrogen-bond acceptors (Lipinski definition) is 4. The minimum atomic E-state index is -0.540. The van der Waals surface area contributed by atoms with Gasteiger partial charge in [-0.15, -0.1) is 5.06 Å². The van der Waals surface area contributed by atoms with Crippen molar-refractivity contribution in [2.24, 2.45) is 0 Å². The third kappa shape index (κ3) is 20.9. The van der Waals surface area contributed by atoms with Gasteiger partial charge in [0.05, 0.1) is 0 Å². The molecule has 0 aromatic rings. The Morgan fingerprint density at radius 3 is 1.62 bits per heavy atom. The normalized spacial score (nSPS) is 11.8. The van der Waals surface area contributed by atoms with Crippen LogP contribution in [0.25, 0.3) is 0 Å². The SMILES string of the molecule is CCCCCCCCCCCCCCCC(=O)NC(CCC)C(=O)ON(C)C.[NaH]. The van der Waals surface area contributed by atoms with Crippen molar-refractivity contribution in [3.05, 3.63) is 0 Å². The van der Waals surface area contributed by atoms with E-state index in [0.717, 1.165) is 19.3 Å². The molecule has 1 atom stereocenters. The van der Waals surface area contributed by atoms with Crippen LogP contribution in [-0.4, -0.2) is 66.6 Å². The van der Waals surface area contributed by atoms with E-state index in [9.17, 15) is 9.59 Å². The first-order chi connectivity index (χ1) is 13.5. The van der Waals surface area contributed by atoms with Crippen molar-refractivity contribution in [2.45, 2.75) is 123 Å². The summed E-state index contributed by atoms with van der Waals surface area (Å²) in [5.41, 5.74) is 0. The third-order valence-electron chi connectivity index (χ3n) is 4.98. The van der Waals surface area contributed by atoms with Crippen LogP contribution < -0.4 is 5.32 Å². The van der Waals surface area contributed by atoms with Crippen molar-refractivity contribution < 1.29 is 14.4 Å². The molecule has 6 heteroatoms. The molecular weight excluding hydrogens is 375 g/mol. The molecule has 0 saturated carbocycles. The molecule has 1 amide bonds. The van der Waals surface area contributed by atoms with Crippen LogP contribution in [0, 0.1) is 0 Å². The summed E-state index contributed by atoms with van der Waals surface area (Å²) in [6, 6.07) is -0.540.